The predicted molar refractivity (Wildman–Crippen MR) is 105 cm³/mol. The topological polar surface area (TPSA) is 85.4 Å². The number of carbonyl (C=O) groups excluding carboxylic acids is 2. The average Bonchev–Trinajstić information content (AvgIpc) is 3.36. The van der Waals surface area contributed by atoms with Crippen molar-refractivity contribution in [3.8, 4) is 0 Å². The number of amides is 2. The van der Waals surface area contributed by atoms with Crippen molar-refractivity contribution in [2.24, 2.45) is 0 Å². The largest absolute Gasteiger partial charge is 0.334 e. The van der Waals surface area contributed by atoms with Crippen molar-refractivity contribution in [2.45, 2.75) is 6.04 Å². The third-order valence-electron chi connectivity index (χ3n) is 5.53. The van der Waals surface area contributed by atoms with Gasteiger partial charge in [0.15, 0.2) is 10.8 Å². The molecule has 0 spiro atoms. The zero-order chi connectivity index (χ0) is 20.0. The van der Waals surface area contributed by atoms with E-state index in [0.29, 0.717) is 42.2 Å². The molecule has 2 aromatic heterocycles. The van der Waals surface area contributed by atoms with E-state index < -0.39 is 0 Å². The van der Waals surface area contributed by atoms with Crippen molar-refractivity contribution < 1.29 is 14.0 Å². The molecule has 8 nitrogen and oxygen atoms in total. The highest BCUT2D eigenvalue weighted by Gasteiger charge is 2.38. The number of imidazole rings is 1. The lowest BCUT2D eigenvalue weighted by atomic mass is 10.1. The maximum atomic E-state index is 13.3. The second kappa shape index (κ2) is 7.20. The monoisotopic (exact) mass is 414 g/mol. The van der Waals surface area contributed by atoms with Gasteiger partial charge in [0.05, 0.1) is 11.0 Å². The summed E-state index contributed by atoms with van der Waals surface area (Å²) in [6, 6.07) is 4.53. The van der Waals surface area contributed by atoms with Crippen molar-refractivity contribution in [2.75, 3.05) is 39.3 Å². The van der Waals surface area contributed by atoms with Crippen LogP contribution in [-0.2, 0) is 0 Å². The first-order valence-electron chi connectivity index (χ1n) is 9.46. The van der Waals surface area contributed by atoms with E-state index in [1.807, 2.05) is 10.3 Å². The Morgan fingerprint density at radius 2 is 1.90 bits per heavy atom. The molecule has 2 amide bonds. The summed E-state index contributed by atoms with van der Waals surface area (Å²) < 4.78 is 13.3. The molecule has 10 heteroatoms. The van der Waals surface area contributed by atoms with Crippen LogP contribution in [0.3, 0.4) is 0 Å². The maximum absolute atomic E-state index is 13.3. The SMILES string of the molecule is O=C(c1nc2cc(F)ccc2[nH]1)N1CC(N2CCN(C(=O)c3nccs3)CC2)C1. The van der Waals surface area contributed by atoms with Gasteiger partial charge in [-0.15, -0.1) is 11.3 Å². The number of nitrogens with one attached hydrogen (secondary N) is 1. The molecule has 4 heterocycles. The van der Waals surface area contributed by atoms with Crippen LogP contribution in [0.5, 0.6) is 0 Å². The van der Waals surface area contributed by atoms with E-state index in [0.717, 1.165) is 13.1 Å². The van der Waals surface area contributed by atoms with Gasteiger partial charge >= 0.3 is 0 Å². The molecule has 29 heavy (non-hydrogen) atoms. The van der Waals surface area contributed by atoms with Gasteiger partial charge in [-0.2, -0.15) is 0 Å². The fraction of sp³-hybridized carbons (Fsp3) is 0.368. The molecule has 2 aliphatic heterocycles. The summed E-state index contributed by atoms with van der Waals surface area (Å²) >= 11 is 1.36. The molecule has 2 saturated heterocycles. The first-order chi connectivity index (χ1) is 14.1. The lowest BCUT2D eigenvalue weighted by Crippen LogP contribution is -2.64. The van der Waals surface area contributed by atoms with Gasteiger partial charge in [-0.05, 0) is 12.1 Å². The molecular weight excluding hydrogens is 395 g/mol. The Labute approximate surface area is 169 Å². The number of likely N-dealkylation sites (tertiary alicyclic amines) is 1. The molecule has 1 N–H and O–H groups in total. The number of nitrogens with zero attached hydrogens (tertiary/aromatic N) is 5. The Kier molecular flexibility index (Phi) is 4.51. The van der Waals surface area contributed by atoms with Crippen LogP contribution in [0, 0.1) is 5.82 Å². The molecule has 3 aromatic rings. The molecule has 0 radical (unpaired) electrons. The number of thiazole rings is 1. The van der Waals surface area contributed by atoms with Crippen molar-refractivity contribution in [1.82, 2.24) is 29.7 Å². The van der Waals surface area contributed by atoms with E-state index >= 15 is 0 Å². The minimum absolute atomic E-state index is 0.00798. The minimum Gasteiger partial charge on any atom is -0.334 e. The standard InChI is InChI=1S/C19H19FN6O2S/c20-12-1-2-14-15(9-12)23-16(22-14)18(27)26-10-13(11-26)24-4-6-25(7-5-24)19(28)17-21-3-8-29-17/h1-3,8-9,13H,4-7,10-11H2,(H,22,23). The third kappa shape index (κ3) is 3.38. The number of piperazine rings is 1. The maximum Gasteiger partial charge on any atom is 0.289 e. The van der Waals surface area contributed by atoms with Crippen LogP contribution in [0.15, 0.2) is 29.8 Å². The van der Waals surface area contributed by atoms with Crippen LogP contribution in [0.1, 0.15) is 20.4 Å². The molecule has 0 unspecified atom stereocenters. The normalized spacial score (nSPS) is 18.2. The molecule has 0 saturated carbocycles. The summed E-state index contributed by atoms with van der Waals surface area (Å²) in [4.78, 5) is 42.2. The van der Waals surface area contributed by atoms with Gasteiger partial charge in [-0.1, -0.05) is 0 Å². The Bertz CT molecular complexity index is 1050. The van der Waals surface area contributed by atoms with Gasteiger partial charge in [0.2, 0.25) is 0 Å². The number of benzene rings is 1. The summed E-state index contributed by atoms with van der Waals surface area (Å²) in [6.07, 6.45) is 1.65. The van der Waals surface area contributed by atoms with E-state index in [9.17, 15) is 14.0 Å². The number of hydrogen-bond donors (Lipinski definition) is 1. The number of fused-ring (bicyclic) bond motifs is 1. The Balaban J connectivity index is 1.15. The highest BCUT2D eigenvalue weighted by molar-refractivity contribution is 7.11. The molecule has 2 fully saturated rings. The van der Waals surface area contributed by atoms with Crippen molar-refractivity contribution >= 4 is 34.2 Å². The number of aromatic nitrogens is 3. The number of aromatic amines is 1. The lowest BCUT2D eigenvalue weighted by molar-refractivity contribution is 0.00797. The van der Waals surface area contributed by atoms with Gasteiger partial charge in [0, 0.05) is 63.0 Å². The third-order valence-corrected chi connectivity index (χ3v) is 6.29. The molecule has 1 aromatic carbocycles. The fourth-order valence-corrected chi connectivity index (χ4v) is 4.44. The smallest absolute Gasteiger partial charge is 0.289 e. The molecule has 5 rings (SSSR count). The quantitative estimate of drug-likeness (QED) is 0.701. The Morgan fingerprint density at radius 1 is 1.10 bits per heavy atom. The summed E-state index contributed by atoms with van der Waals surface area (Å²) in [5.74, 6) is -0.316. The van der Waals surface area contributed by atoms with Gasteiger partial charge in [-0.25, -0.2) is 14.4 Å². The molecular formula is C19H19FN6O2S. The highest BCUT2D eigenvalue weighted by Crippen LogP contribution is 2.21. The summed E-state index contributed by atoms with van der Waals surface area (Å²) in [6.45, 7) is 4.16. The number of H-pyrrole nitrogens is 1. The number of halogens is 1. The lowest BCUT2D eigenvalue weighted by Gasteiger charge is -2.47. The number of rotatable bonds is 3. The zero-order valence-corrected chi connectivity index (χ0v) is 16.4. The van der Waals surface area contributed by atoms with Crippen molar-refractivity contribution in [3.63, 3.8) is 0 Å². The molecule has 0 aliphatic carbocycles. The predicted octanol–water partition coefficient (Wildman–Crippen LogP) is 1.44. The highest BCUT2D eigenvalue weighted by atomic mass is 32.1. The van der Waals surface area contributed by atoms with E-state index in [1.165, 1.54) is 23.5 Å². The van der Waals surface area contributed by atoms with Crippen LogP contribution in [-0.4, -0.2) is 86.8 Å². The Hall–Kier alpha value is -2.85. The van der Waals surface area contributed by atoms with E-state index in [1.54, 1.807) is 17.2 Å². The molecule has 150 valence electrons. The molecule has 0 atom stereocenters. The van der Waals surface area contributed by atoms with E-state index in [4.69, 9.17) is 0 Å². The van der Waals surface area contributed by atoms with Gasteiger partial charge < -0.3 is 14.8 Å². The average molecular weight is 414 g/mol. The number of hydrogen-bond acceptors (Lipinski definition) is 6. The zero-order valence-electron chi connectivity index (χ0n) is 15.5. The van der Waals surface area contributed by atoms with Gasteiger partial charge in [0.1, 0.15) is 5.82 Å². The van der Waals surface area contributed by atoms with Crippen LogP contribution in [0.25, 0.3) is 11.0 Å². The van der Waals surface area contributed by atoms with Crippen LogP contribution in [0.2, 0.25) is 0 Å². The minimum atomic E-state index is -0.375. The van der Waals surface area contributed by atoms with Crippen LogP contribution < -0.4 is 0 Å². The second-order valence-corrected chi connectivity index (χ2v) is 8.17. The van der Waals surface area contributed by atoms with Gasteiger partial charge in [0.25, 0.3) is 11.8 Å². The molecule has 0 bridgehead atoms. The van der Waals surface area contributed by atoms with Crippen molar-refractivity contribution in [3.05, 3.63) is 46.4 Å². The van der Waals surface area contributed by atoms with Crippen molar-refractivity contribution in [1.29, 1.82) is 0 Å². The van der Waals surface area contributed by atoms with E-state index in [-0.39, 0.29) is 29.5 Å². The summed E-state index contributed by atoms with van der Waals surface area (Å²) in [5.41, 5.74) is 1.10. The van der Waals surface area contributed by atoms with Gasteiger partial charge in [-0.3, -0.25) is 14.5 Å². The first-order valence-corrected chi connectivity index (χ1v) is 10.3. The Morgan fingerprint density at radius 3 is 2.62 bits per heavy atom. The first kappa shape index (κ1) is 18.2. The second-order valence-electron chi connectivity index (χ2n) is 7.28. The van der Waals surface area contributed by atoms with Crippen LogP contribution >= 0.6 is 11.3 Å². The van der Waals surface area contributed by atoms with Crippen LogP contribution in [0.4, 0.5) is 4.39 Å². The summed E-state index contributed by atoms with van der Waals surface area (Å²) in [5, 5.41) is 2.34. The molecule has 2 aliphatic rings. The van der Waals surface area contributed by atoms with E-state index in [2.05, 4.69) is 19.9 Å². The fourth-order valence-electron chi connectivity index (χ4n) is 3.84. The summed E-state index contributed by atoms with van der Waals surface area (Å²) in [7, 11) is 0. The number of carbonyl (C=O) groups is 2.